The van der Waals surface area contributed by atoms with Crippen molar-refractivity contribution in [3.05, 3.63) is 234 Å². The molecule has 0 amide bonds. The van der Waals surface area contributed by atoms with Crippen LogP contribution in [0.4, 0.5) is 0 Å². The number of rotatable bonds is 5. The van der Waals surface area contributed by atoms with Gasteiger partial charge in [-0.1, -0.05) is 202 Å². The Morgan fingerprint density at radius 1 is 0.276 bits per heavy atom. The fraction of sp³-hybridized carbons (Fsp3) is 0.0727. The second kappa shape index (κ2) is 13.2. The van der Waals surface area contributed by atoms with Gasteiger partial charge in [0.25, 0.3) is 0 Å². The fourth-order valence-electron chi connectivity index (χ4n) is 9.67. The fourth-order valence-corrected chi connectivity index (χ4v) is 9.67. The van der Waals surface area contributed by atoms with Crippen LogP contribution in [-0.4, -0.2) is 15.0 Å². The Hall–Kier alpha value is -7.23. The van der Waals surface area contributed by atoms with Crippen molar-refractivity contribution in [1.29, 1.82) is 0 Å². The lowest BCUT2D eigenvalue weighted by molar-refractivity contribution is 0.563. The smallest absolute Gasteiger partial charge is 0.164 e. The zero-order chi connectivity index (χ0) is 38.8. The molecule has 0 radical (unpaired) electrons. The van der Waals surface area contributed by atoms with Crippen LogP contribution in [0.1, 0.15) is 47.2 Å². The summed E-state index contributed by atoms with van der Waals surface area (Å²) in [6.45, 7) is 4.73. The zero-order valence-corrected chi connectivity index (χ0v) is 32.4. The first-order valence-corrected chi connectivity index (χ1v) is 20.0. The summed E-state index contributed by atoms with van der Waals surface area (Å²) in [5, 5.41) is 0. The largest absolute Gasteiger partial charge is 0.208 e. The van der Waals surface area contributed by atoms with E-state index < -0.39 is 5.41 Å². The van der Waals surface area contributed by atoms with E-state index in [-0.39, 0.29) is 5.41 Å². The summed E-state index contributed by atoms with van der Waals surface area (Å²) in [6.07, 6.45) is 0. The molecule has 1 heterocycles. The van der Waals surface area contributed by atoms with E-state index >= 15 is 0 Å². The SMILES string of the molecule is CC1(C)c2ccccc2C2(c3ccccc3-c3ccc(-c4nc(-c5ccc(-c6ccccc6)cc5)nc(-c5cccc(-c6ccccc6)c5)n4)cc32)c2ccccc21. The third kappa shape index (κ3) is 5.17. The molecule has 2 aliphatic carbocycles. The van der Waals surface area contributed by atoms with Gasteiger partial charge >= 0.3 is 0 Å². The molecule has 11 rings (SSSR count). The van der Waals surface area contributed by atoms with Crippen molar-refractivity contribution >= 4 is 0 Å². The van der Waals surface area contributed by atoms with Crippen LogP contribution in [0.5, 0.6) is 0 Å². The van der Waals surface area contributed by atoms with Crippen molar-refractivity contribution in [3.63, 3.8) is 0 Å². The second-order valence-electron chi connectivity index (χ2n) is 16.0. The Labute approximate surface area is 339 Å². The van der Waals surface area contributed by atoms with Crippen LogP contribution in [0.25, 0.3) is 67.5 Å². The quantitative estimate of drug-likeness (QED) is 0.176. The molecule has 0 N–H and O–H groups in total. The van der Waals surface area contributed by atoms with E-state index in [2.05, 4.69) is 202 Å². The van der Waals surface area contributed by atoms with Gasteiger partial charge < -0.3 is 0 Å². The highest BCUT2D eigenvalue weighted by molar-refractivity contribution is 5.90. The molecule has 3 heteroatoms. The molecular formula is C55H39N3. The minimum atomic E-state index is -0.513. The van der Waals surface area contributed by atoms with E-state index in [0.717, 1.165) is 33.4 Å². The van der Waals surface area contributed by atoms with Gasteiger partial charge in [-0.3, -0.25) is 0 Å². The molecule has 8 aromatic carbocycles. The maximum Gasteiger partial charge on any atom is 0.164 e. The molecule has 3 nitrogen and oxygen atoms in total. The van der Waals surface area contributed by atoms with Crippen LogP contribution in [0.3, 0.4) is 0 Å². The molecule has 0 unspecified atom stereocenters. The van der Waals surface area contributed by atoms with Crippen LogP contribution in [0.2, 0.25) is 0 Å². The van der Waals surface area contributed by atoms with Gasteiger partial charge in [-0.15, -0.1) is 0 Å². The molecule has 2 aliphatic rings. The van der Waals surface area contributed by atoms with Gasteiger partial charge in [0.15, 0.2) is 17.5 Å². The van der Waals surface area contributed by atoms with Gasteiger partial charge in [0, 0.05) is 22.1 Å². The highest BCUT2D eigenvalue weighted by Crippen LogP contribution is 2.62. The van der Waals surface area contributed by atoms with E-state index in [4.69, 9.17) is 15.0 Å². The molecule has 0 saturated heterocycles. The van der Waals surface area contributed by atoms with Crippen molar-refractivity contribution in [2.75, 3.05) is 0 Å². The number of benzene rings is 8. The summed E-state index contributed by atoms with van der Waals surface area (Å²) in [5.74, 6) is 1.92. The lowest BCUT2D eigenvalue weighted by Gasteiger charge is -2.46. The minimum Gasteiger partial charge on any atom is -0.208 e. The zero-order valence-electron chi connectivity index (χ0n) is 32.4. The highest BCUT2D eigenvalue weighted by Gasteiger charge is 2.53. The van der Waals surface area contributed by atoms with Gasteiger partial charge in [-0.05, 0) is 78.9 Å². The maximum absolute atomic E-state index is 5.30. The van der Waals surface area contributed by atoms with Gasteiger partial charge in [0.2, 0.25) is 0 Å². The molecule has 0 aliphatic heterocycles. The summed E-state index contributed by atoms with van der Waals surface area (Å²) in [7, 11) is 0. The third-order valence-corrected chi connectivity index (χ3v) is 12.4. The number of aromatic nitrogens is 3. The molecular weight excluding hydrogens is 703 g/mol. The molecule has 1 spiro atoms. The van der Waals surface area contributed by atoms with E-state index in [0.29, 0.717) is 17.5 Å². The summed E-state index contributed by atoms with van der Waals surface area (Å²) in [6, 6.07) is 71.9. The molecule has 0 bridgehead atoms. The summed E-state index contributed by atoms with van der Waals surface area (Å²) in [4.78, 5) is 15.8. The van der Waals surface area contributed by atoms with Crippen LogP contribution in [-0.2, 0) is 10.8 Å². The van der Waals surface area contributed by atoms with E-state index in [1.165, 1.54) is 50.1 Å². The molecule has 58 heavy (non-hydrogen) atoms. The monoisotopic (exact) mass is 741 g/mol. The minimum absolute atomic E-state index is 0.171. The van der Waals surface area contributed by atoms with Crippen LogP contribution in [0.15, 0.2) is 200 Å². The van der Waals surface area contributed by atoms with Crippen molar-refractivity contribution in [2.45, 2.75) is 24.7 Å². The van der Waals surface area contributed by atoms with Gasteiger partial charge in [-0.2, -0.15) is 0 Å². The molecule has 0 atom stereocenters. The Morgan fingerprint density at radius 3 is 1.29 bits per heavy atom. The third-order valence-electron chi connectivity index (χ3n) is 12.4. The maximum atomic E-state index is 5.30. The normalized spacial score (nSPS) is 14.0. The van der Waals surface area contributed by atoms with Crippen LogP contribution >= 0.6 is 0 Å². The number of nitrogens with zero attached hydrogens (tertiary/aromatic N) is 3. The Bertz CT molecular complexity index is 2970. The first-order chi connectivity index (χ1) is 28.5. The van der Waals surface area contributed by atoms with E-state index in [1.54, 1.807) is 0 Å². The summed E-state index contributed by atoms with van der Waals surface area (Å²) >= 11 is 0. The molecule has 0 saturated carbocycles. The lowest BCUT2D eigenvalue weighted by atomic mass is 9.55. The average Bonchev–Trinajstić information content (AvgIpc) is 3.59. The predicted octanol–water partition coefficient (Wildman–Crippen LogP) is 13.2. The summed E-state index contributed by atoms with van der Waals surface area (Å²) < 4.78 is 0. The Morgan fingerprint density at radius 2 is 0.672 bits per heavy atom. The summed E-state index contributed by atoms with van der Waals surface area (Å²) in [5.41, 5.74) is 17.2. The van der Waals surface area contributed by atoms with Gasteiger partial charge in [0.1, 0.15) is 0 Å². The molecule has 9 aromatic rings. The van der Waals surface area contributed by atoms with Crippen LogP contribution in [0, 0.1) is 0 Å². The van der Waals surface area contributed by atoms with Gasteiger partial charge in [-0.25, -0.2) is 15.0 Å². The highest BCUT2D eigenvalue weighted by atomic mass is 15.0. The van der Waals surface area contributed by atoms with Crippen molar-refractivity contribution in [2.24, 2.45) is 0 Å². The van der Waals surface area contributed by atoms with Crippen molar-refractivity contribution in [1.82, 2.24) is 15.0 Å². The second-order valence-corrected chi connectivity index (χ2v) is 16.0. The van der Waals surface area contributed by atoms with E-state index in [9.17, 15) is 0 Å². The number of hydrogen-bond acceptors (Lipinski definition) is 3. The lowest BCUT2D eigenvalue weighted by Crippen LogP contribution is -2.40. The van der Waals surface area contributed by atoms with Gasteiger partial charge in [0.05, 0.1) is 5.41 Å². The first-order valence-electron chi connectivity index (χ1n) is 20.0. The van der Waals surface area contributed by atoms with Crippen LogP contribution < -0.4 is 0 Å². The van der Waals surface area contributed by atoms with Crippen molar-refractivity contribution in [3.8, 4) is 67.5 Å². The number of fused-ring (bicyclic) bond motifs is 9. The predicted molar refractivity (Wildman–Crippen MR) is 236 cm³/mol. The number of hydrogen-bond donors (Lipinski definition) is 0. The van der Waals surface area contributed by atoms with E-state index in [1.807, 2.05) is 12.1 Å². The van der Waals surface area contributed by atoms with Crippen molar-refractivity contribution < 1.29 is 0 Å². The molecule has 0 fully saturated rings. The Balaban J connectivity index is 1.13. The first kappa shape index (κ1) is 34.1. The Kier molecular flexibility index (Phi) is 7.74. The standard InChI is InChI=1S/C55H39N3/c1-54(2)46-24-11-13-26-48(46)55(49-27-14-12-25-47(49)54)45-23-10-9-22-43(45)44-33-32-42(35-50(44)55)53-57-51(39-30-28-38(29-31-39)36-16-5-3-6-17-36)56-52(58-53)41-21-15-20-40(34-41)37-18-7-4-8-19-37/h3-35H,1-2H3. The topological polar surface area (TPSA) is 38.7 Å². The molecule has 274 valence electrons. The molecule has 1 aromatic heterocycles. The average molecular weight is 742 g/mol.